The number of fused-ring (bicyclic) bond motifs is 1. The van der Waals surface area contributed by atoms with Gasteiger partial charge in [-0.05, 0) is 46.9 Å². The van der Waals surface area contributed by atoms with Crippen LogP contribution in [0.3, 0.4) is 0 Å². The summed E-state index contributed by atoms with van der Waals surface area (Å²) in [6.07, 6.45) is -0.141. The number of benzene rings is 3. The maximum atomic E-state index is 13.2. The molecule has 0 radical (unpaired) electrons. The minimum absolute atomic E-state index is 0.0455. The first-order valence-corrected chi connectivity index (χ1v) is 13.6. The van der Waals surface area contributed by atoms with Crippen molar-refractivity contribution in [2.24, 2.45) is 0 Å². The summed E-state index contributed by atoms with van der Waals surface area (Å²) in [5.41, 5.74) is 3.46. The number of nitrogens with zero attached hydrogens (tertiary/aromatic N) is 1. The molecule has 5 rings (SSSR count). The normalized spacial score (nSPS) is 16.8. The Morgan fingerprint density at radius 2 is 1.71 bits per heavy atom. The third-order valence-corrected chi connectivity index (χ3v) is 7.25. The van der Waals surface area contributed by atoms with Gasteiger partial charge >= 0.3 is 6.09 Å². The largest absolute Gasteiger partial charge is 0.508 e. The van der Waals surface area contributed by atoms with Gasteiger partial charge in [-0.3, -0.25) is 24.5 Å². The first-order valence-electron chi connectivity index (χ1n) is 13.6. The first kappa shape index (κ1) is 28.3. The first-order chi connectivity index (χ1) is 20.3. The molecule has 0 aromatic heterocycles. The molecule has 5 amide bonds. The second kappa shape index (κ2) is 12.5. The van der Waals surface area contributed by atoms with E-state index in [4.69, 9.17) is 4.74 Å². The highest BCUT2D eigenvalue weighted by molar-refractivity contribution is 6.05. The number of piperidine rings is 1. The zero-order valence-electron chi connectivity index (χ0n) is 22.7. The van der Waals surface area contributed by atoms with E-state index in [0.717, 1.165) is 22.3 Å². The predicted octanol–water partition coefficient (Wildman–Crippen LogP) is 2.31. The standard InChI is InChI=1S/C31H30N4O7/c36-23-9-6-19(7-10-23)15-25(33-31(41)42-18-20-4-2-1-3-5-20)28(38)32-16-21-8-11-24-22(14-21)17-35(30(24)40)26-12-13-27(37)34-29(26)39/h1-11,14,25-26,36H,12-13,15-18H2,(H,32,38)(H,33,41)(H,34,37,39). The Hall–Kier alpha value is -5.19. The van der Waals surface area contributed by atoms with Gasteiger partial charge in [0.2, 0.25) is 17.7 Å². The Kier molecular flexibility index (Phi) is 8.47. The lowest BCUT2D eigenvalue weighted by Crippen LogP contribution is -2.52. The van der Waals surface area contributed by atoms with Gasteiger partial charge in [0.1, 0.15) is 24.4 Å². The van der Waals surface area contributed by atoms with Crippen LogP contribution in [0.2, 0.25) is 0 Å². The van der Waals surface area contributed by atoms with Crippen molar-refractivity contribution in [3.05, 3.63) is 101 Å². The molecule has 0 bridgehead atoms. The van der Waals surface area contributed by atoms with Crippen LogP contribution in [-0.2, 0) is 45.2 Å². The van der Waals surface area contributed by atoms with Crippen LogP contribution in [0.4, 0.5) is 4.79 Å². The van der Waals surface area contributed by atoms with E-state index in [1.165, 1.54) is 17.0 Å². The highest BCUT2D eigenvalue weighted by atomic mass is 16.5. The van der Waals surface area contributed by atoms with Crippen LogP contribution < -0.4 is 16.0 Å². The monoisotopic (exact) mass is 570 g/mol. The molecule has 0 spiro atoms. The molecule has 42 heavy (non-hydrogen) atoms. The number of hydrogen-bond donors (Lipinski definition) is 4. The molecular formula is C31H30N4O7. The minimum Gasteiger partial charge on any atom is -0.508 e. The molecule has 0 saturated carbocycles. The van der Waals surface area contributed by atoms with Crippen LogP contribution >= 0.6 is 0 Å². The van der Waals surface area contributed by atoms with Gasteiger partial charge in [-0.2, -0.15) is 0 Å². The molecule has 216 valence electrons. The van der Waals surface area contributed by atoms with Crippen LogP contribution in [0.1, 0.15) is 45.5 Å². The van der Waals surface area contributed by atoms with Gasteiger partial charge in [-0.25, -0.2) is 4.79 Å². The van der Waals surface area contributed by atoms with E-state index < -0.39 is 30.0 Å². The Bertz CT molecular complexity index is 1510. The molecule has 2 heterocycles. The van der Waals surface area contributed by atoms with Crippen molar-refractivity contribution in [2.75, 3.05) is 0 Å². The van der Waals surface area contributed by atoms with Crippen molar-refractivity contribution in [1.29, 1.82) is 0 Å². The lowest BCUT2D eigenvalue weighted by Gasteiger charge is -2.29. The van der Waals surface area contributed by atoms with E-state index in [0.29, 0.717) is 5.56 Å². The number of hydrogen-bond acceptors (Lipinski definition) is 7. The van der Waals surface area contributed by atoms with Crippen molar-refractivity contribution in [2.45, 2.75) is 51.0 Å². The number of carbonyl (C=O) groups is 5. The van der Waals surface area contributed by atoms with E-state index in [1.807, 2.05) is 30.3 Å². The molecule has 2 aliphatic rings. The van der Waals surface area contributed by atoms with Gasteiger partial charge in [0, 0.05) is 31.5 Å². The molecular weight excluding hydrogens is 540 g/mol. The Labute approximate surface area is 241 Å². The zero-order chi connectivity index (χ0) is 29.6. The van der Waals surface area contributed by atoms with Crippen LogP contribution in [0.15, 0.2) is 72.8 Å². The third kappa shape index (κ3) is 6.74. The van der Waals surface area contributed by atoms with E-state index in [1.54, 1.807) is 30.3 Å². The molecule has 3 aromatic carbocycles. The Balaban J connectivity index is 1.22. The summed E-state index contributed by atoms with van der Waals surface area (Å²) >= 11 is 0. The van der Waals surface area contributed by atoms with Crippen molar-refractivity contribution < 1.29 is 33.8 Å². The molecule has 2 aliphatic heterocycles. The number of phenols is 1. The van der Waals surface area contributed by atoms with Crippen LogP contribution in [0, 0.1) is 0 Å². The third-order valence-electron chi connectivity index (χ3n) is 7.25. The van der Waals surface area contributed by atoms with E-state index in [2.05, 4.69) is 16.0 Å². The number of imide groups is 1. The number of nitrogens with one attached hydrogen (secondary N) is 3. The SMILES string of the molecule is O=C1CCC(N2Cc3cc(CNC(=O)C(Cc4ccc(O)cc4)NC(=O)OCc4ccccc4)ccc3C2=O)C(=O)N1. The fourth-order valence-corrected chi connectivity index (χ4v) is 5.03. The molecule has 1 fully saturated rings. The number of rotatable bonds is 9. The fourth-order valence-electron chi connectivity index (χ4n) is 5.03. The number of ether oxygens (including phenoxy) is 1. The van der Waals surface area contributed by atoms with Crippen LogP contribution in [-0.4, -0.2) is 51.8 Å². The summed E-state index contributed by atoms with van der Waals surface area (Å²) in [7, 11) is 0. The minimum atomic E-state index is -0.961. The van der Waals surface area contributed by atoms with Crippen LogP contribution in [0.5, 0.6) is 5.75 Å². The van der Waals surface area contributed by atoms with Crippen LogP contribution in [0.25, 0.3) is 0 Å². The highest BCUT2D eigenvalue weighted by Gasteiger charge is 2.39. The number of carbonyl (C=O) groups excluding carboxylic acids is 5. The summed E-state index contributed by atoms with van der Waals surface area (Å²) in [6, 6.07) is 19.0. The predicted molar refractivity (Wildman–Crippen MR) is 150 cm³/mol. The maximum Gasteiger partial charge on any atom is 0.408 e. The van der Waals surface area contributed by atoms with Gasteiger partial charge in [-0.15, -0.1) is 0 Å². The van der Waals surface area contributed by atoms with Crippen molar-refractivity contribution in [3.63, 3.8) is 0 Å². The van der Waals surface area contributed by atoms with Gasteiger partial charge < -0.3 is 25.4 Å². The summed E-state index contributed by atoms with van der Waals surface area (Å²) in [5, 5.41) is 17.4. The van der Waals surface area contributed by atoms with Crippen molar-refractivity contribution >= 4 is 29.7 Å². The van der Waals surface area contributed by atoms with Crippen molar-refractivity contribution in [3.8, 4) is 5.75 Å². The lowest BCUT2D eigenvalue weighted by molar-refractivity contribution is -0.137. The fraction of sp³-hybridized carbons (Fsp3) is 0.258. The molecule has 4 N–H and O–H groups in total. The summed E-state index contributed by atoms with van der Waals surface area (Å²) in [4.78, 5) is 64.1. The summed E-state index contributed by atoms with van der Waals surface area (Å²) < 4.78 is 5.31. The van der Waals surface area contributed by atoms with E-state index >= 15 is 0 Å². The van der Waals surface area contributed by atoms with Gasteiger partial charge in [-0.1, -0.05) is 54.6 Å². The Morgan fingerprint density at radius 1 is 0.976 bits per heavy atom. The maximum absolute atomic E-state index is 13.2. The van der Waals surface area contributed by atoms with Gasteiger partial charge in [0.05, 0.1) is 0 Å². The molecule has 2 unspecified atom stereocenters. The number of amides is 5. The molecule has 2 atom stereocenters. The molecule has 11 heteroatoms. The second-order valence-electron chi connectivity index (χ2n) is 10.2. The average molecular weight is 571 g/mol. The quantitative estimate of drug-likeness (QED) is 0.288. The smallest absolute Gasteiger partial charge is 0.408 e. The molecule has 11 nitrogen and oxygen atoms in total. The summed E-state index contributed by atoms with van der Waals surface area (Å²) in [5.74, 6) is -1.46. The lowest BCUT2D eigenvalue weighted by atomic mass is 10.0. The average Bonchev–Trinajstić information content (AvgIpc) is 3.31. The highest BCUT2D eigenvalue weighted by Crippen LogP contribution is 2.28. The Morgan fingerprint density at radius 3 is 2.45 bits per heavy atom. The number of alkyl carbamates (subject to hydrolysis) is 1. The molecule has 0 aliphatic carbocycles. The number of phenolic OH excluding ortho intramolecular Hbond substituents is 1. The molecule has 3 aromatic rings. The number of aromatic hydroxyl groups is 1. The van der Waals surface area contributed by atoms with E-state index in [-0.39, 0.29) is 56.5 Å². The van der Waals surface area contributed by atoms with Gasteiger partial charge in [0.25, 0.3) is 5.91 Å². The topological polar surface area (TPSA) is 154 Å². The molecule has 1 saturated heterocycles. The van der Waals surface area contributed by atoms with Crippen molar-refractivity contribution in [1.82, 2.24) is 20.9 Å². The second-order valence-corrected chi connectivity index (χ2v) is 10.2. The van der Waals surface area contributed by atoms with Gasteiger partial charge in [0.15, 0.2) is 0 Å². The zero-order valence-corrected chi connectivity index (χ0v) is 22.7. The van der Waals surface area contributed by atoms with E-state index in [9.17, 15) is 29.1 Å². The summed E-state index contributed by atoms with van der Waals surface area (Å²) in [6.45, 7) is 0.399.